The maximum absolute atomic E-state index is 14.4. The fourth-order valence-electron chi connectivity index (χ4n) is 5.04. The van der Waals surface area contributed by atoms with Gasteiger partial charge >= 0.3 is 24.1 Å². The minimum absolute atomic E-state index is 0.0189. The first-order valence-electron chi connectivity index (χ1n) is 13.1. The highest BCUT2D eigenvalue weighted by Crippen LogP contribution is 2.42. The van der Waals surface area contributed by atoms with Gasteiger partial charge in [-0.25, -0.2) is 4.90 Å². The summed E-state index contributed by atoms with van der Waals surface area (Å²) >= 11 is 0. The molecule has 4 rings (SSSR count). The number of amides is 2. The molecule has 0 spiro atoms. The number of benzene rings is 1. The first-order chi connectivity index (χ1) is 20.7. The average Bonchev–Trinajstić information content (AvgIpc) is 2.92. The van der Waals surface area contributed by atoms with Gasteiger partial charge in [-0.3, -0.25) is 43.5 Å². The summed E-state index contributed by atoms with van der Waals surface area (Å²) in [7, 11) is 2.46. The quantitative estimate of drug-likeness (QED) is 0.185. The number of carbonyl (C=O) groups is 5. The molecular formula is C26H28F3N5O10. The normalized spacial score (nSPS) is 17.0. The number of nitrogens with zero attached hydrogens (tertiary/aromatic N) is 4. The Morgan fingerprint density at radius 3 is 1.95 bits per heavy atom. The highest BCUT2D eigenvalue weighted by Gasteiger charge is 2.44. The molecule has 2 amide bonds. The number of methoxy groups -OCH3 is 2. The van der Waals surface area contributed by atoms with Gasteiger partial charge < -0.3 is 24.3 Å². The number of hydrogen-bond donors (Lipinski definition) is 2. The number of halogens is 3. The number of carbonyl (C=O) groups excluding carboxylic acids is 4. The van der Waals surface area contributed by atoms with Crippen LogP contribution in [0.25, 0.3) is 10.9 Å². The third-order valence-electron chi connectivity index (χ3n) is 6.97. The van der Waals surface area contributed by atoms with Gasteiger partial charge in [-0.15, -0.1) is 0 Å². The largest absolute Gasteiger partial charge is 0.493 e. The second-order valence-corrected chi connectivity index (χ2v) is 9.99. The van der Waals surface area contributed by atoms with Gasteiger partial charge in [-0.1, -0.05) is 0 Å². The van der Waals surface area contributed by atoms with Crippen LogP contribution in [0, 0.1) is 0 Å². The summed E-state index contributed by atoms with van der Waals surface area (Å²) in [5, 5.41) is 8.76. The molecular weight excluding hydrogens is 599 g/mol. The van der Waals surface area contributed by atoms with E-state index in [1.807, 2.05) is 0 Å². The number of hydrogen-bond acceptors (Lipinski definition) is 12. The van der Waals surface area contributed by atoms with E-state index in [0.717, 1.165) is 12.1 Å². The van der Waals surface area contributed by atoms with E-state index in [9.17, 15) is 47.0 Å². The number of morpholine rings is 1. The molecule has 0 bridgehead atoms. The number of aromatic nitrogens is 1. The molecule has 2 aromatic rings. The summed E-state index contributed by atoms with van der Waals surface area (Å²) in [6.45, 7) is -1.62. The van der Waals surface area contributed by atoms with E-state index >= 15 is 0 Å². The van der Waals surface area contributed by atoms with Gasteiger partial charge in [0.25, 0.3) is 5.56 Å². The molecule has 0 radical (unpaired) electrons. The number of aliphatic carboxylic acids is 1. The molecule has 238 valence electrons. The maximum Gasteiger partial charge on any atom is 0.419 e. The van der Waals surface area contributed by atoms with Crippen LogP contribution in [0.4, 0.5) is 18.9 Å². The summed E-state index contributed by atoms with van der Waals surface area (Å²) in [6, 6.07) is 2.12. The Morgan fingerprint density at radius 2 is 1.45 bits per heavy atom. The number of ether oxygens (including phenoxy) is 3. The van der Waals surface area contributed by atoms with E-state index in [2.05, 4.69) is 9.72 Å². The zero-order valence-corrected chi connectivity index (χ0v) is 23.6. The number of fused-ring (bicyclic) bond motifs is 1. The molecule has 1 aromatic heterocycles. The van der Waals surface area contributed by atoms with E-state index in [0.29, 0.717) is 0 Å². The lowest BCUT2D eigenvalue weighted by Gasteiger charge is -2.34. The number of carboxylic acids is 1. The number of alkyl halides is 3. The number of carboxylic acid groups (broad SMARTS) is 1. The number of pyridine rings is 1. The third-order valence-corrected chi connectivity index (χ3v) is 6.97. The van der Waals surface area contributed by atoms with E-state index in [1.165, 1.54) is 28.9 Å². The Kier molecular flexibility index (Phi) is 9.55. The summed E-state index contributed by atoms with van der Waals surface area (Å²) in [5.41, 5.74) is -4.25. The predicted molar refractivity (Wildman–Crippen MR) is 143 cm³/mol. The van der Waals surface area contributed by atoms with Crippen molar-refractivity contribution in [2.45, 2.75) is 6.18 Å². The number of cyclic esters (lactones) is 2. The highest BCUT2D eigenvalue weighted by molar-refractivity contribution is 6.19. The fraction of sp³-hybridized carbons (Fsp3) is 0.462. The smallest absolute Gasteiger partial charge is 0.419 e. The Labute approximate surface area is 246 Å². The van der Waals surface area contributed by atoms with Crippen LogP contribution in [0.3, 0.4) is 0 Å². The van der Waals surface area contributed by atoms with Crippen molar-refractivity contribution in [3.63, 3.8) is 0 Å². The van der Waals surface area contributed by atoms with Crippen molar-refractivity contribution in [3.8, 4) is 11.5 Å². The van der Waals surface area contributed by atoms with Gasteiger partial charge in [0.1, 0.15) is 5.69 Å². The predicted octanol–water partition coefficient (Wildman–Crippen LogP) is -0.489. The number of aromatic amines is 1. The Morgan fingerprint density at radius 1 is 0.932 bits per heavy atom. The van der Waals surface area contributed by atoms with Crippen LogP contribution in [0.5, 0.6) is 11.5 Å². The van der Waals surface area contributed by atoms with Crippen LogP contribution in [0.2, 0.25) is 0 Å². The molecule has 0 aliphatic carbocycles. The SMILES string of the molecule is COc1cc2[nH]c(=O)c(N3C(=O)CN(CCN(CCN4CC(=O)OC(=O)C4)CC(=O)O)CC3=O)c(C(F)(F)F)c2cc1OC. The second kappa shape index (κ2) is 13.0. The van der Waals surface area contributed by atoms with Crippen molar-refractivity contribution < 1.29 is 56.5 Å². The number of anilines is 1. The standard InChI is InChI=1S/C26H28F3N5O10/c1-42-16-7-14-15(8-17(16)43-2)30-25(41)24(23(14)26(27,28)29)34-18(35)9-32(10-19(34)36)5-3-31(11-20(37)38)4-6-33-12-21(39)44-22(40)13-33/h7-8H,3-6,9-13H2,1-2H3,(H,30,41)(H,37,38). The molecule has 18 heteroatoms. The molecule has 2 aliphatic rings. The number of imide groups is 1. The van der Waals surface area contributed by atoms with Gasteiger partial charge in [-0.2, -0.15) is 13.2 Å². The van der Waals surface area contributed by atoms with Gasteiger partial charge in [0.05, 0.1) is 58.0 Å². The number of piperazine rings is 1. The number of esters is 2. The van der Waals surface area contributed by atoms with Crippen LogP contribution < -0.4 is 19.9 Å². The zero-order chi connectivity index (χ0) is 32.3. The molecule has 44 heavy (non-hydrogen) atoms. The Bertz CT molecular complexity index is 1530. The van der Waals surface area contributed by atoms with Crippen molar-refractivity contribution in [1.82, 2.24) is 19.7 Å². The summed E-state index contributed by atoms with van der Waals surface area (Å²) < 4.78 is 58.0. The molecule has 0 unspecified atom stereocenters. The lowest BCUT2D eigenvalue weighted by Crippen LogP contribution is -2.57. The molecule has 2 saturated heterocycles. The van der Waals surface area contributed by atoms with Crippen LogP contribution in [0.15, 0.2) is 16.9 Å². The van der Waals surface area contributed by atoms with Crippen LogP contribution in [-0.2, 0) is 34.9 Å². The minimum atomic E-state index is -5.16. The van der Waals surface area contributed by atoms with Gasteiger partial charge in [0, 0.05) is 37.6 Å². The van der Waals surface area contributed by atoms with E-state index in [1.54, 1.807) is 0 Å². The van der Waals surface area contributed by atoms with Crippen molar-refractivity contribution in [3.05, 3.63) is 28.0 Å². The molecule has 3 heterocycles. The summed E-state index contributed by atoms with van der Waals surface area (Å²) in [6.07, 6.45) is -5.16. The third kappa shape index (κ3) is 7.14. The maximum atomic E-state index is 14.4. The molecule has 15 nitrogen and oxygen atoms in total. The lowest BCUT2D eigenvalue weighted by molar-refractivity contribution is -0.167. The lowest BCUT2D eigenvalue weighted by atomic mass is 10.0. The van der Waals surface area contributed by atoms with Crippen LogP contribution >= 0.6 is 0 Å². The minimum Gasteiger partial charge on any atom is -0.493 e. The average molecular weight is 628 g/mol. The Hall–Kier alpha value is -4.55. The Balaban J connectivity index is 1.54. The molecule has 1 aromatic carbocycles. The number of H-pyrrole nitrogens is 1. The fourth-order valence-corrected chi connectivity index (χ4v) is 5.04. The van der Waals surface area contributed by atoms with Gasteiger partial charge in [0.2, 0.25) is 11.8 Å². The van der Waals surface area contributed by atoms with E-state index < -0.39 is 77.7 Å². The van der Waals surface area contributed by atoms with Crippen molar-refractivity contribution in [2.75, 3.05) is 78.0 Å². The second-order valence-electron chi connectivity index (χ2n) is 9.99. The highest BCUT2D eigenvalue weighted by atomic mass is 19.4. The van der Waals surface area contributed by atoms with Crippen molar-refractivity contribution in [2.24, 2.45) is 0 Å². The monoisotopic (exact) mass is 627 g/mol. The van der Waals surface area contributed by atoms with Crippen molar-refractivity contribution in [1.29, 1.82) is 0 Å². The molecule has 2 fully saturated rings. The molecule has 2 N–H and O–H groups in total. The summed E-state index contributed by atoms with van der Waals surface area (Å²) in [5.74, 6) is -4.87. The van der Waals surface area contributed by atoms with Gasteiger partial charge in [0.15, 0.2) is 11.5 Å². The first-order valence-corrected chi connectivity index (χ1v) is 13.1. The topological polar surface area (TPSA) is 179 Å². The first kappa shape index (κ1) is 32.4. The molecule has 0 saturated carbocycles. The number of rotatable bonds is 11. The van der Waals surface area contributed by atoms with E-state index in [-0.39, 0.29) is 61.2 Å². The zero-order valence-electron chi connectivity index (χ0n) is 23.6. The van der Waals surface area contributed by atoms with E-state index in [4.69, 9.17) is 9.47 Å². The molecule has 0 atom stereocenters. The van der Waals surface area contributed by atoms with Crippen molar-refractivity contribution >= 4 is 46.3 Å². The van der Waals surface area contributed by atoms with Crippen LogP contribution in [0.1, 0.15) is 5.56 Å². The van der Waals surface area contributed by atoms with Crippen LogP contribution in [-0.4, -0.2) is 128 Å². The molecule has 2 aliphatic heterocycles. The van der Waals surface area contributed by atoms with Gasteiger partial charge in [-0.05, 0) is 6.07 Å². The summed E-state index contributed by atoms with van der Waals surface area (Å²) in [4.78, 5) is 80.3. The number of nitrogens with one attached hydrogen (secondary N) is 1.